The van der Waals surface area contributed by atoms with Gasteiger partial charge in [0.15, 0.2) is 5.82 Å². The number of nitrogens with zero attached hydrogens (tertiary/aromatic N) is 4. The summed E-state index contributed by atoms with van der Waals surface area (Å²) in [5.41, 5.74) is 10.6. The van der Waals surface area contributed by atoms with Gasteiger partial charge >= 0.3 is 0 Å². The smallest absolute Gasteiger partial charge is 0.164 e. The summed E-state index contributed by atoms with van der Waals surface area (Å²) < 4.78 is 2.30. The summed E-state index contributed by atoms with van der Waals surface area (Å²) in [5, 5.41) is 2.47. The predicted octanol–water partition coefficient (Wildman–Crippen LogP) is 9.00. The lowest BCUT2D eigenvalue weighted by Gasteiger charge is -2.41. The van der Waals surface area contributed by atoms with Crippen LogP contribution in [0.15, 0.2) is 158 Å². The van der Waals surface area contributed by atoms with Gasteiger partial charge in [-0.2, -0.15) is 0 Å². The number of fused-ring (bicyclic) bond motifs is 3. The van der Waals surface area contributed by atoms with E-state index in [2.05, 4.69) is 154 Å². The highest BCUT2D eigenvalue weighted by Gasteiger charge is 2.45. The van der Waals surface area contributed by atoms with Crippen LogP contribution in [0.5, 0.6) is 0 Å². The van der Waals surface area contributed by atoms with E-state index in [1.165, 1.54) is 44.2 Å². The topological polar surface area (TPSA) is 43.6 Å². The van der Waals surface area contributed by atoms with E-state index in [0.29, 0.717) is 0 Å². The van der Waals surface area contributed by atoms with Crippen molar-refractivity contribution in [2.75, 3.05) is 0 Å². The van der Waals surface area contributed by atoms with Crippen LogP contribution in [0.1, 0.15) is 22.3 Å². The van der Waals surface area contributed by atoms with Gasteiger partial charge in [0.1, 0.15) is 12.0 Å². The fourth-order valence-corrected chi connectivity index (χ4v) is 7.24. The molecule has 44 heavy (non-hydrogen) atoms. The van der Waals surface area contributed by atoms with E-state index in [1.807, 2.05) is 6.07 Å². The maximum Gasteiger partial charge on any atom is 0.164 e. The van der Waals surface area contributed by atoms with Crippen LogP contribution in [0.3, 0.4) is 0 Å². The molecular formula is C40H26N4. The third kappa shape index (κ3) is 3.42. The zero-order valence-electron chi connectivity index (χ0n) is 23.8. The van der Waals surface area contributed by atoms with E-state index in [1.54, 1.807) is 12.5 Å². The Morgan fingerprint density at radius 3 is 2.09 bits per heavy atom. The molecule has 8 aromatic rings. The van der Waals surface area contributed by atoms with Crippen molar-refractivity contribution in [1.29, 1.82) is 0 Å². The van der Waals surface area contributed by atoms with Gasteiger partial charge in [0.2, 0.25) is 0 Å². The van der Waals surface area contributed by atoms with Crippen molar-refractivity contribution < 1.29 is 0 Å². The minimum Gasteiger partial charge on any atom is -0.290 e. The highest BCUT2D eigenvalue weighted by Crippen LogP contribution is 2.54. The van der Waals surface area contributed by atoms with Crippen LogP contribution in [-0.4, -0.2) is 19.5 Å². The molecule has 0 radical (unpaired) electrons. The Morgan fingerprint density at radius 1 is 0.591 bits per heavy atom. The van der Waals surface area contributed by atoms with Crippen molar-refractivity contribution in [3.63, 3.8) is 0 Å². The van der Waals surface area contributed by atoms with Crippen LogP contribution in [0, 0.1) is 0 Å². The molecule has 3 heterocycles. The molecule has 0 atom stereocenters. The predicted molar refractivity (Wildman–Crippen MR) is 177 cm³/mol. The molecular weight excluding hydrogens is 536 g/mol. The summed E-state index contributed by atoms with van der Waals surface area (Å²) in [7, 11) is 0. The monoisotopic (exact) mass is 562 g/mol. The maximum absolute atomic E-state index is 5.20. The molecule has 0 N–H and O–H groups in total. The van der Waals surface area contributed by atoms with Crippen molar-refractivity contribution >= 4 is 21.8 Å². The number of rotatable bonds is 4. The number of hydrogen-bond acceptors (Lipinski definition) is 3. The van der Waals surface area contributed by atoms with Crippen LogP contribution >= 0.6 is 0 Å². The number of hydrogen-bond donors (Lipinski definition) is 0. The van der Waals surface area contributed by atoms with Crippen molar-refractivity contribution in [1.82, 2.24) is 19.5 Å². The molecule has 9 rings (SSSR count). The minimum atomic E-state index is -0.586. The fourth-order valence-electron chi connectivity index (χ4n) is 7.24. The van der Waals surface area contributed by atoms with Crippen LogP contribution in [0.4, 0.5) is 0 Å². The van der Waals surface area contributed by atoms with Gasteiger partial charge in [-0.15, -0.1) is 0 Å². The summed E-state index contributed by atoms with van der Waals surface area (Å²) in [6.07, 6.45) is 3.37. The second-order valence-corrected chi connectivity index (χ2v) is 11.3. The lowest BCUT2D eigenvalue weighted by atomic mass is 9.63. The quantitative estimate of drug-likeness (QED) is 0.215. The van der Waals surface area contributed by atoms with Gasteiger partial charge in [-0.1, -0.05) is 121 Å². The van der Waals surface area contributed by atoms with Crippen LogP contribution in [0.2, 0.25) is 0 Å². The van der Waals surface area contributed by atoms with Crippen molar-refractivity contribution in [2.45, 2.75) is 5.41 Å². The lowest BCUT2D eigenvalue weighted by Crippen LogP contribution is -2.35. The SMILES string of the molecule is c1ccc(C2(c3ccccc3)c3cc(-c4cccc5ccccc45)ccc3-n3c(-c4ccncn4)nc4cccc2c43)cc1. The average Bonchev–Trinajstić information content (AvgIpc) is 3.50. The summed E-state index contributed by atoms with van der Waals surface area (Å²) >= 11 is 0. The molecule has 0 spiro atoms. The van der Waals surface area contributed by atoms with Gasteiger partial charge in [-0.3, -0.25) is 4.57 Å². The molecule has 0 bridgehead atoms. The largest absolute Gasteiger partial charge is 0.290 e. The number of benzene rings is 6. The second-order valence-electron chi connectivity index (χ2n) is 11.3. The highest BCUT2D eigenvalue weighted by molar-refractivity contribution is 5.98. The molecule has 0 amide bonds. The van der Waals surface area contributed by atoms with Crippen molar-refractivity contribution in [2.24, 2.45) is 0 Å². The molecule has 206 valence electrons. The third-order valence-electron chi connectivity index (χ3n) is 9.05. The van der Waals surface area contributed by atoms with Crippen molar-refractivity contribution in [3.8, 4) is 28.3 Å². The standard InChI is InChI=1S/C40H26N4/c1-3-13-29(14-4-1)40(30-15-5-2-6-16-30)33-19-10-20-35-38(33)44(39(43-35)36-23-24-41-26-42-36)37-22-21-28(25-34(37)40)32-18-9-12-27-11-7-8-17-31(27)32/h1-26H. The molecule has 0 fully saturated rings. The van der Waals surface area contributed by atoms with Gasteiger partial charge in [-0.25, -0.2) is 15.0 Å². The molecule has 0 saturated heterocycles. The summed E-state index contributed by atoms with van der Waals surface area (Å²) in [6.45, 7) is 0. The lowest BCUT2D eigenvalue weighted by molar-refractivity contribution is 0.725. The van der Waals surface area contributed by atoms with Gasteiger partial charge < -0.3 is 0 Å². The Hall–Kier alpha value is -5.87. The van der Waals surface area contributed by atoms with Gasteiger partial charge in [0, 0.05) is 6.20 Å². The Labute approximate surface area is 255 Å². The first kappa shape index (κ1) is 24.7. The van der Waals surface area contributed by atoms with E-state index < -0.39 is 5.41 Å². The molecule has 4 nitrogen and oxygen atoms in total. The van der Waals surface area contributed by atoms with E-state index in [-0.39, 0.29) is 0 Å². The zero-order chi connectivity index (χ0) is 29.1. The molecule has 0 aliphatic carbocycles. The second kappa shape index (κ2) is 9.58. The van der Waals surface area contributed by atoms with Crippen molar-refractivity contribution in [3.05, 3.63) is 180 Å². The van der Waals surface area contributed by atoms with Crippen LogP contribution in [0.25, 0.3) is 50.1 Å². The van der Waals surface area contributed by atoms with E-state index in [0.717, 1.165) is 28.2 Å². The van der Waals surface area contributed by atoms with Crippen LogP contribution < -0.4 is 0 Å². The van der Waals surface area contributed by atoms with E-state index in [4.69, 9.17) is 4.98 Å². The first-order chi connectivity index (χ1) is 21.8. The Balaban J connectivity index is 1.47. The van der Waals surface area contributed by atoms with E-state index in [9.17, 15) is 0 Å². The van der Waals surface area contributed by atoms with Gasteiger partial charge in [-0.05, 0) is 68.4 Å². The molecule has 0 saturated carbocycles. The third-order valence-corrected chi connectivity index (χ3v) is 9.05. The maximum atomic E-state index is 5.20. The molecule has 4 heteroatoms. The molecule has 1 aliphatic heterocycles. The Morgan fingerprint density at radius 2 is 1.32 bits per heavy atom. The highest BCUT2D eigenvalue weighted by atomic mass is 15.1. The summed E-state index contributed by atoms with van der Waals surface area (Å²) in [6, 6.07) is 52.4. The Kier molecular flexibility index (Phi) is 5.38. The first-order valence-electron chi connectivity index (χ1n) is 14.9. The zero-order valence-corrected chi connectivity index (χ0v) is 23.8. The molecule has 2 aromatic heterocycles. The number of imidazole rings is 1. The normalized spacial score (nSPS) is 13.2. The number of aromatic nitrogens is 4. The van der Waals surface area contributed by atoms with E-state index >= 15 is 0 Å². The first-order valence-corrected chi connectivity index (χ1v) is 14.9. The van der Waals surface area contributed by atoms with Crippen LogP contribution in [-0.2, 0) is 5.41 Å². The number of para-hydroxylation sites is 1. The average molecular weight is 563 g/mol. The van der Waals surface area contributed by atoms with Gasteiger partial charge in [0.25, 0.3) is 0 Å². The molecule has 0 unspecified atom stereocenters. The molecule has 1 aliphatic rings. The van der Waals surface area contributed by atoms with Gasteiger partial charge in [0.05, 0.1) is 22.1 Å². The molecule has 6 aromatic carbocycles. The fraction of sp³-hybridized carbons (Fsp3) is 0.0250. The summed E-state index contributed by atoms with van der Waals surface area (Å²) in [4.78, 5) is 14.0. The Bertz CT molecular complexity index is 2280. The minimum absolute atomic E-state index is 0.586. The summed E-state index contributed by atoms with van der Waals surface area (Å²) in [5.74, 6) is 0.809.